The molecule has 1 spiro atoms. The van der Waals surface area contributed by atoms with Crippen molar-refractivity contribution in [2.75, 3.05) is 31.6 Å². The SMILES string of the molecule is O=C(Nc1ccccc1)[C@H]1CN(C(=O)c2cccs2)CC12CCOCC2. The summed E-state index contributed by atoms with van der Waals surface area (Å²) in [7, 11) is 0. The fourth-order valence-corrected chi connectivity index (χ4v) is 4.77. The van der Waals surface area contributed by atoms with Crippen molar-refractivity contribution in [3.63, 3.8) is 0 Å². The zero-order chi connectivity index (χ0) is 18.0. The van der Waals surface area contributed by atoms with E-state index in [0.29, 0.717) is 26.3 Å². The monoisotopic (exact) mass is 370 g/mol. The van der Waals surface area contributed by atoms with Gasteiger partial charge in [-0.3, -0.25) is 9.59 Å². The smallest absolute Gasteiger partial charge is 0.263 e. The van der Waals surface area contributed by atoms with Gasteiger partial charge in [-0.05, 0) is 36.4 Å². The van der Waals surface area contributed by atoms with Crippen molar-refractivity contribution >= 4 is 28.8 Å². The molecule has 0 bridgehead atoms. The number of anilines is 1. The highest BCUT2D eigenvalue weighted by Crippen LogP contribution is 2.45. The fraction of sp³-hybridized carbons (Fsp3) is 0.400. The molecule has 1 aromatic carbocycles. The van der Waals surface area contributed by atoms with Crippen LogP contribution in [-0.4, -0.2) is 43.0 Å². The molecule has 1 atom stereocenters. The van der Waals surface area contributed by atoms with Crippen LogP contribution in [0.3, 0.4) is 0 Å². The zero-order valence-corrected chi connectivity index (χ0v) is 15.3. The Morgan fingerprint density at radius 3 is 2.58 bits per heavy atom. The minimum atomic E-state index is -0.212. The number of rotatable bonds is 3. The molecule has 2 fully saturated rings. The molecule has 4 rings (SSSR count). The van der Waals surface area contributed by atoms with Crippen molar-refractivity contribution in [2.45, 2.75) is 12.8 Å². The number of ether oxygens (including phenoxy) is 1. The molecule has 3 heterocycles. The van der Waals surface area contributed by atoms with Gasteiger partial charge in [0.05, 0.1) is 10.8 Å². The average molecular weight is 370 g/mol. The first-order chi connectivity index (χ1) is 12.7. The number of hydrogen-bond acceptors (Lipinski definition) is 4. The molecule has 2 aromatic rings. The van der Waals surface area contributed by atoms with E-state index < -0.39 is 0 Å². The summed E-state index contributed by atoms with van der Waals surface area (Å²) in [5, 5.41) is 4.94. The van der Waals surface area contributed by atoms with E-state index >= 15 is 0 Å². The molecule has 1 aromatic heterocycles. The van der Waals surface area contributed by atoms with Crippen LogP contribution in [0.25, 0.3) is 0 Å². The molecule has 26 heavy (non-hydrogen) atoms. The maximum absolute atomic E-state index is 13.1. The summed E-state index contributed by atoms with van der Waals surface area (Å²) in [4.78, 5) is 28.5. The lowest BCUT2D eigenvalue weighted by Gasteiger charge is -2.37. The first-order valence-electron chi connectivity index (χ1n) is 8.94. The Labute approximate surface area is 157 Å². The predicted octanol–water partition coefficient (Wildman–Crippen LogP) is 3.26. The number of thiophene rings is 1. The molecule has 2 saturated heterocycles. The molecule has 2 aliphatic rings. The van der Waals surface area contributed by atoms with Gasteiger partial charge in [0, 0.05) is 37.4 Å². The molecule has 0 radical (unpaired) electrons. The number of likely N-dealkylation sites (tertiary alicyclic amines) is 1. The largest absolute Gasteiger partial charge is 0.381 e. The van der Waals surface area contributed by atoms with Gasteiger partial charge < -0.3 is 15.0 Å². The van der Waals surface area contributed by atoms with Crippen molar-refractivity contribution in [2.24, 2.45) is 11.3 Å². The summed E-state index contributed by atoms with van der Waals surface area (Å²) in [5.74, 6) is -0.184. The number of nitrogens with zero attached hydrogens (tertiary/aromatic N) is 1. The molecule has 6 heteroatoms. The molecule has 0 saturated carbocycles. The average Bonchev–Trinajstić information content (AvgIpc) is 3.31. The Kier molecular flexibility index (Phi) is 4.78. The summed E-state index contributed by atoms with van der Waals surface area (Å²) in [6, 6.07) is 13.2. The molecule has 5 nitrogen and oxygen atoms in total. The highest BCUT2D eigenvalue weighted by atomic mass is 32.1. The Morgan fingerprint density at radius 1 is 1.12 bits per heavy atom. The first-order valence-corrected chi connectivity index (χ1v) is 9.82. The number of benzene rings is 1. The maximum Gasteiger partial charge on any atom is 0.263 e. The van der Waals surface area contributed by atoms with Crippen molar-refractivity contribution in [1.82, 2.24) is 4.90 Å². The highest BCUT2D eigenvalue weighted by molar-refractivity contribution is 7.12. The summed E-state index contributed by atoms with van der Waals surface area (Å²) in [5.41, 5.74) is 0.604. The zero-order valence-electron chi connectivity index (χ0n) is 14.5. The van der Waals surface area contributed by atoms with Gasteiger partial charge in [-0.2, -0.15) is 0 Å². The van der Waals surface area contributed by atoms with E-state index in [1.54, 1.807) is 0 Å². The van der Waals surface area contributed by atoms with Crippen LogP contribution in [0.2, 0.25) is 0 Å². The molecule has 0 aliphatic carbocycles. The van der Waals surface area contributed by atoms with Crippen molar-refractivity contribution in [1.29, 1.82) is 0 Å². The van der Waals surface area contributed by atoms with Gasteiger partial charge in [0.25, 0.3) is 5.91 Å². The molecule has 2 aliphatic heterocycles. The summed E-state index contributed by atoms with van der Waals surface area (Å²) in [6.07, 6.45) is 1.63. The van der Waals surface area contributed by atoms with E-state index in [-0.39, 0.29) is 23.1 Å². The maximum atomic E-state index is 13.1. The Balaban J connectivity index is 1.56. The molecular weight excluding hydrogens is 348 g/mol. The van der Waals surface area contributed by atoms with E-state index in [1.807, 2.05) is 52.7 Å². The van der Waals surface area contributed by atoms with Crippen molar-refractivity contribution in [3.8, 4) is 0 Å². The number of nitrogens with one attached hydrogen (secondary N) is 1. The van der Waals surface area contributed by atoms with Crippen LogP contribution < -0.4 is 5.32 Å². The van der Waals surface area contributed by atoms with Crippen LogP contribution in [0.1, 0.15) is 22.5 Å². The normalized spacial score (nSPS) is 21.7. The first kappa shape index (κ1) is 17.2. The van der Waals surface area contributed by atoms with E-state index in [2.05, 4.69) is 5.32 Å². The van der Waals surface area contributed by atoms with Gasteiger partial charge in [0.1, 0.15) is 0 Å². The van der Waals surface area contributed by atoms with Gasteiger partial charge in [0.2, 0.25) is 5.91 Å². The van der Waals surface area contributed by atoms with E-state index in [9.17, 15) is 9.59 Å². The van der Waals surface area contributed by atoms with E-state index in [4.69, 9.17) is 4.74 Å². The lowest BCUT2D eigenvalue weighted by molar-refractivity contribution is -0.124. The number of para-hydroxylation sites is 1. The van der Waals surface area contributed by atoms with E-state index in [0.717, 1.165) is 23.4 Å². The third-order valence-electron chi connectivity index (χ3n) is 5.51. The Hall–Kier alpha value is -2.18. The summed E-state index contributed by atoms with van der Waals surface area (Å²) >= 11 is 1.45. The second-order valence-corrected chi connectivity index (χ2v) is 7.99. The number of carbonyl (C=O) groups is 2. The molecule has 1 N–H and O–H groups in total. The fourth-order valence-electron chi connectivity index (χ4n) is 4.08. The number of amides is 2. The lowest BCUT2D eigenvalue weighted by atomic mass is 9.71. The molecular formula is C20H22N2O3S. The van der Waals surface area contributed by atoms with Crippen molar-refractivity contribution < 1.29 is 14.3 Å². The minimum Gasteiger partial charge on any atom is -0.381 e. The Bertz CT molecular complexity index is 770. The van der Waals surface area contributed by atoms with Crippen molar-refractivity contribution in [3.05, 3.63) is 52.7 Å². The van der Waals surface area contributed by atoms with Gasteiger partial charge in [0.15, 0.2) is 0 Å². The standard InChI is InChI=1S/C20H22N2O3S/c23-18(21-15-5-2-1-3-6-15)16-13-22(19(24)17-7-4-12-26-17)14-20(16)8-10-25-11-9-20/h1-7,12,16H,8-11,13-14H2,(H,21,23)/t16-/m1/s1. The summed E-state index contributed by atoms with van der Waals surface area (Å²) in [6.45, 7) is 2.39. The second kappa shape index (κ2) is 7.21. The Morgan fingerprint density at radius 2 is 1.88 bits per heavy atom. The quantitative estimate of drug-likeness (QED) is 0.902. The number of hydrogen-bond donors (Lipinski definition) is 1. The summed E-state index contributed by atoms with van der Waals surface area (Å²) < 4.78 is 5.54. The number of carbonyl (C=O) groups excluding carboxylic acids is 2. The highest BCUT2D eigenvalue weighted by Gasteiger charge is 2.51. The topological polar surface area (TPSA) is 58.6 Å². The van der Waals surface area contributed by atoms with Gasteiger partial charge in [-0.25, -0.2) is 0 Å². The van der Waals surface area contributed by atoms with Crippen LogP contribution in [0.5, 0.6) is 0 Å². The van der Waals surface area contributed by atoms with Crippen LogP contribution in [0, 0.1) is 11.3 Å². The van der Waals surface area contributed by atoms with Gasteiger partial charge in [-0.15, -0.1) is 11.3 Å². The van der Waals surface area contributed by atoms with Crippen LogP contribution in [-0.2, 0) is 9.53 Å². The second-order valence-electron chi connectivity index (χ2n) is 7.05. The van der Waals surface area contributed by atoms with Crippen LogP contribution in [0.15, 0.2) is 47.8 Å². The minimum absolute atomic E-state index is 0.000389. The third kappa shape index (κ3) is 3.27. The van der Waals surface area contributed by atoms with Gasteiger partial charge in [-0.1, -0.05) is 24.3 Å². The molecule has 0 unspecified atom stereocenters. The molecule has 136 valence electrons. The van der Waals surface area contributed by atoms with Gasteiger partial charge >= 0.3 is 0 Å². The van der Waals surface area contributed by atoms with E-state index in [1.165, 1.54) is 11.3 Å². The van der Waals surface area contributed by atoms with Crippen LogP contribution >= 0.6 is 11.3 Å². The predicted molar refractivity (Wildman–Crippen MR) is 101 cm³/mol. The van der Waals surface area contributed by atoms with Crippen LogP contribution in [0.4, 0.5) is 5.69 Å². The lowest BCUT2D eigenvalue weighted by Crippen LogP contribution is -2.42. The molecule has 2 amide bonds. The third-order valence-corrected chi connectivity index (χ3v) is 6.37.